The number of nitrogens with zero attached hydrogens (tertiary/aromatic N) is 1. The number of carboxylic acids is 1. The highest BCUT2D eigenvalue weighted by Gasteiger charge is 2.16. The van der Waals surface area contributed by atoms with Gasteiger partial charge in [-0.1, -0.05) is 61.3 Å². The highest BCUT2D eigenvalue weighted by Crippen LogP contribution is 2.35. The Labute approximate surface area is 171 Å². The van der Waals surface area contributed by atoms with E-state index >= 15 is 0 Å². The van der Waals surface area contributed by atoms with Gasteiger partial charge in [0.1, 0.15) is 0 Å². The van der Waals surface area contributed by atoms with Gasteiger partial charge in [-0.15, -0.1) is 11.3 Å². The summed E-state index contributed by atoms with van der Waals surface area (Å²) in [6, 6.07) is 13.3. The molecule has 3 aromatic rings. The van der Waals surface area contributed by atoms with Crippen molar-refractivity contribution in [2.75, 3.05) is 5.32 Å². The number of carboxylic acid groups (broad SMARTS) is 1. The van der Waals surface area contributed by atoms with Crippen molar-refractivity contribution in [3.05, 3.63) is 63.0 Å². The standard InChI is InChI=1S/C20H18Cl2N2O2S/c1-11(2)12-3-5-13(6-4-12)19-17(10-18(25)26)27-20(24-19)23-14-7-8-15(21)16(22)9-14/h3-9,11H,10H2,1-2H3,(H,23,24)(H,25,26). The van der Waals surface area contributed by atoms with Crippen LogP contribution >= 0.6 is 34.5 Å². The van der Waals surface area contributed by atoms with Crippen LogP contribution in [0.4, 0.5) is 10.8 Å². The predicted molar refractivity (Wildman–Crippen MR) is 113 cm³/mol. The summed E-state index contributed by atoms with van der Waals surface area (Å²) in [6.07, 6.45) is -0.0814. The topological polar surface area (TPSA) is 62.2 Å². The lowest BCUT2D eigenvalue weighted by molar-refractivity contribution is -0.136. The first-order valence-electron chi connectivity index (χ1n) is 8.37. The molecule has 7 heteroatoms. The summed E-state index contributed by atoms with van der Waals surface area (Å²) in [5.74, 6) is -0.459. The van der Waals surface area contributed by atoms with Crippen molar-refractivity contribution in [3.8, 4) is 11.3 Å². The van der Waals surface area contributed by atoms with Gasteiger partial charge >= 0.3 is 5.97 Å². The van der Waals surface area contributed by atoms with Gasteiger partial charge < -0.3 is 10.4 Å². The molecule has 0 bridgehead atoms. The first-order chi connectivity index (χ1) is 12.8. The fourth-order valence-corrected chi connectivity index (χ4v) is 3.90. The zero-order chi connectivity index (χ0) is 19.6. The lowest BCUT2D eigenvalue weighted by Gasteiger charge is -2.06. The summed E-state index contributed by atoms with van der Waals surface area (Å²) in [5, 5.41) is 13.9. The molecule has 0 fully saturated rings. The Bertz CT molecular complexity index is 969. The monoisotopic (exact) mass is 420 g/mol. The number of anilines is 2. The second-order valence-electron chi connectivity index (χ2n) is 6.39. The Morgan fingerprint density at radius 3 is 2.44 bits per heavy atom. The van der Waals surface area contributed by atoms with E-state index in [4.69, 9.17) is 23.2 Å². The van der Waals surface area contributed by atoms with Crippen molar-refractivity contribution >= 4 is 51.3 Å². The molecule has 0 saturated heterocycles. The van der Waals surface area contributed by atoms with Gasteiger partial charge in [0.05, 0.1) is 22.2 Å². The van der Waals surface area contributed by atoms with Crippen LogP contribution in [-0.2, 0) is 11.2 Å². The van der Waals surface area contributed by atoms with Crippen molar-refractivity contribution < 1.29 is 9.90 Å². The van der Waals surface area contributed by atoms with Crippen LogP contribution in [0, 0.1) is 0 Å². The van der Waals surface area contributed by atoms with E-state index in [1.165, 1.54) is 16.9 Å². The number of thiazole rings is 1. The van der Waals surface area contributed by atoms with Crippen molar-refractivity contribution in [2.45, 2.75) is 26.2 Å². The summed E-state index contributed by atoms with van der Waals surface area (Å²) in [7, 11) is 0. The molecular weight excluding hydrogens is 403 g/mol. The molecular formula is C20H18Cl2N2O2S. The highest BCUT2D eigenvalue weighted by atomic mass is 35.5. The molecule has 0 amide bonds. The van der Waals surface area contributed by atoms with Crippen LogP contribution in [0.25, 0.3) is 11.3 Å². The van der Waals surface area contributed by atoms with Crippen molar-refractivity contribution in [2.24, 2.45) is 0 Å². The molecule has 2 aromatic carbocycles. The van der Waals surface area contributed by atoms with E-state index in [0.717, 1.165) is 11.3 Å². The van der Waals surface area contributed by atoms with E-state index < -0.39 is 5.97 Å². The van der Waals surface area contributed by atoms with Gasteiger partial charge in [-0.2, -0.15) is 0 Å². The van der Waals surface area contributed by atoms with E-state index in [2.05, 4.69) is 36.3 Å². The largest absolute Gasteiger partial charge is 0.481 e. The van der Waals surface area contributed by atoms with Crippen LogP contribution in [0.1, 0.15) is 30.2 Å². The summed E-state index contributed by atoms with van der Waals surface area (Å²) in [6.45, 7) is 4.26. The number of hydrogen-bond acceptors (Lipinski definition) is 4. The number of aromatic nitrogens is 1. The molecule has 3 rings (SSSR count). The zero-order valence-electron chi connectivity index (χ0n) is 14.8. The lowest BCUT2D eigenvalue weighted by Crippen LogP contribution is -1.99. The molecule has 0 radical (unpaired) electrons. The summed E-state index contributed by atoms with van der Waals surface area (Å²) >= 11 is 13.3. The van der Waals surface area contributed by atoms with Gasteiger partial charge in [0, 0.05) is 16.1 Å². The van der Waals surface area contributed by atoms with Gasteiger partial charge in [0.25, 0.3) is 0 Å². The van der Waals surface area contributed by atoms with Gasteiger partial charge in [-0.05, 0) is 29.7 Å². The Balaban J connectivity index is 1.94. The molecule has 0 unspecified atom stereocenters. The fourth-order valence-electron chi connectivity index (χ4n) is 2.61. The van der Waals surface area contributed by atoms with E-state index in [1.807, 2.05) is 12.1 Å². The normalized spacial score (nSPS) is 11.0. The summed E-state index contributed by atoms with van der Waals surface area (Å²) in [5.41, 5.74) is 3.54. The maximum atomic E-state index is 11.3. The zero-order valence-corrected chi connectivity index (χ0v) is 17.1. The van der Waals surface area contributed by atoms with Crippen LogP contribution in [-0.4, -0.2) is 16.1 Å². The van der Waals surface area contributed by atoms with Gasteiger partial charge in [0.15, 0.2) is 5.13 Å². The molecule has 0 atom stereocenters. The van der Waals surface area contributed by atoms with Gasteiger partial charge in [0.2, 0.25) is 0 Å². The number of hydrogen-bond donors (Lipinski definition) is 2. The number of carbonyl (C=O) groups is 1. The Hall–Kier alpha value is -2.08. The van der Waals surface area contributed by atoms with E-state index in [9.17, 15) is 9.90 Å². The first kappa shape index (κ1) is 19.7. The number of nitrogens with one attached hydrogen (secondary N) is 1. The fraction of sp³-hybridized carbons (Fsp3) is 0.200. The van der Waals surface area contributed by atoms with E-state index in [-0.39, 0.29) is 6.42 Å². The average Bonchev–Trinajstić information content (AvgIpc) is 2.99. The smallest absolute Gasteiger partial charge is 0.308 e. The lowest BCUT2D eigenvalue weighted by atomic mass is 10.0. The molecule has 0 aliphatic rings. The molecule has 0 aliphatic carbocycles. The van der Waals surface area contributed by atoms with E-state index in [0.29, 0.717) is 31.7 Å². The molecule has 0 spiro atoms. The minimum absolute atomic E-state index is 0.0814. The van der Waals surface area contributed by atoms with Crippen LogP contribution in [0.5, 0.6) is 0 Å². The highest BCUT2D eigenvalue weighted by molar-refractivity contribution is 7.16. The molecule has 27 heavy (non-hydrogen) atoms. The summed E-state index contributed by atoms with van der Waals surface area (Å²) < 4.78 is 0. The predicted octanol–water partition coefficient (Wildman–Crippen LogP) is 6.61. The van der Waals surface area contributed by atoms with Crippen LogP contribution in [0.3, 0.4) is 0 Å². The SMILES string of the molecule is CC(C)c1ccc(-c2nc(Nc3ccc(Cl)c(Cl)c3)sc2CC(=O)O)cc1. The number of benzene rings is 2. The Kier molecular flexibility index (Phi) is 6.05. The third-order valence-corrected chi connectivity index (χ3v) is 5.74. The maximum absolute atomic E-state index is 11.3. The quantitative estimate of drug-likeness (QED) is 0.470. The third kappa shape index (κ3) is 4.80. The molecule has 4 nitrogen and oxygen atoms in total. The number of aliphatic carboxylic acids is 1. The molecule has 1 aromatic heterocycles. The van der Waals surface area contributed by atoms with Gasteiger partial charge in [-0.3, -0.25) is 4.79 Å². The minimum Gasteiger partial charge on any atom is -0.481 e. The molecule has 2 N–H and O–H groups in total. The second-order valence-corrected chi connectivity index (χ2v) is 8.29. The third-order valence-electron chi connectivity index (χ3n) is 4.03. The molecule has 1 heterocycles. The summed E-state index contributed by atoms with van der Waals surface area (Å²) in [4.78, 5) is 16.6. The molecule has 140 valence electrons. The molecule has 0 saturated carbocycles. The van der Waals surface area contributed by atoms with E-state index in [1.54, 1.807) is 18.2 Å². The van der Waals surface area contributed by atoms with Crippen molar-refractivity contribution in [1.82, 2.24) is 4.98 Å². The van der Waals surface area contributed by atoms with Crippen molar-refractivity contribution in [3.63, 3.8) is 0 Å². The van der Waals surface area contributed by atoms with Crippen LogP contribution in [0.15, 0.2) is 42.5 Å². The van der Waals surface area contributed by atoms with Crippen molar-refractivity contribution in [1.29, 1.82) is 0 Å². The van der Waals surface area contributed by atoms with Crippen LogP contribution in [0.2, 0.25) is 10.0 Å². The van der Waals surface area contributed by atoms with Crippen LogP contribution < -0.4 is 5.32 Å². The average molecular weight is 421 g/mol. The minimum atomic E-state index is -0.889. The number of rotatable bonds is 6. The number of halogens is 2. The second kappa shape index (κ2) is 8.30. The Morgan fingerprint density at radius 1 is 1.15 bits per heavy atom. The molecule has 0 aliphatic heterocycles. The maximum Gasteiger partial charge on any atom is 0.308 e. The van der Waals surface area contributed by atoms with Gasteiger partial charge in [-0.25, -0.2) is 4.98 Å². The first-order valence-corrected chi connectivity index (χ1v) is 9.94. The Morgan fingerprint density at radius 2 is 1.85 bits per heavy atom.